The Labute approximate surface area is 95.2 Å². The molecule has 0 aliphatic rings. The van der Waals surface area contributed by atoms with E-state index in [1.54, 1.807) is 13.8 Å². The van der Waals surface area contributed by atoms with E-state index in [0.717, 1.165) is 0 Å². The molecule has 0 aliphatic carbocycles. The molecule has 0 aromatic rings. The first kappa shape index (κ1) is 15.3. The fourth-order valence-corrected chi connectivity index (χ4v) is 1.33. The van der Waals surface area contributed by atoms with E-state index in [0.29, 0.717) is 6.61 Å². The lowest BCUT2D eigenvalue weighted by Gasteiger charge is -2.32. The van der Waals surface area contributed by atoms with Gasteiger partial charge in [-0.15, -0.1) is 0 Å². The molecule has 6 nitrogen and oxygen atoms in total. The summed E-state index contributed by atoms with van der Waals surface area (Å²) in [6.45, 7) is 2.52. The van der Waals surface area contributed by atoms with Crippen LogP contribution < -0.4 is 5.32 Å². The highest BCUT2D eigenvalue weighted by Gasteiger charge is 2.29. The van der Waals surface area contributed by atoms with E-state index in [2.05, 4.69) is 5.32 Å². The van der Waals surface area contributed by atoms with Gasteiger partial charge in [-0.3, -0.25) is 4.79 Å². The molecule has 0 fully saturated rings. The van der Waals surface area contributed by atoms with Crippen LogP contribution in [-0.4, -0.2) is 59.3 Å². The lowest BCUT2D eigenvalue weighted by Crippen LogP contribution is -2.58. The van der Waals surface area contributed by atoms with Crippen molar-refractivity contribution in [2.24, 2.45) is 0 Å². The monoisotopic (exact) mass is 235 g/mol. The average molecular weight is 235 g/mol. The van der Waals surface area contributed by atoms with Crippen LogP contribution in [0.2, 0.25) is 0 Å². The standard InChI is InChI=1S/C10H21NO5/c1-3-16-9(15)4-8(2)11-10(5-12,6-13)7-14/h8,11-14H,3-7H2,1-2H3. The summed E-state index contributed by atoms with van der Waals surface area (Å²) in [6.07, 6.45) is 0.121. The molecule has 0 heterocycles. The molecule has 0 rings (SSSR count). The minimum Gasteiger partial charge on any atom is -0.466 e. The second-order valence-electron chi connectivity index (χ2n) is 3.81. The minimum atomic E-state index is -1.16. The van der Waals surface area contributed by atoms with Crippen molar-refractivity contribution >= 4 is 5.97 Å². The summed E-state index contributed by atoms with van der Waals surface area (Å²) in [6, 6.07) is -0.300. The molecule has 0 saturated heterocycles. The second kappa shape index (κ2) is 7.56. The first-order chi connectivity index (χ1) is 7.53. The van der Waals surface area contributed by atoms with Gasteiger partial charge in [-0.05, 0) is 13.8 Å². The number of nitrogens with one attached hydrogen (secondary N) is 1. The van der Waals surface area contributed by atoms with Crippen LogP contribution in [0.5, 0.6) is 0 Å². The zero-order valence-electron chi connectivity index (χ0n) is 9.77. The molecular formula is C10H21NO5. The van der Waals surface area contributed by atoms with E-state index in [4.69, 9.17) is 20.1 Å². The van der Waals surface area contributed by atoms with Crippen LogP contribution in [-0.2, 0) is 9.53 Å². The number of aliphatic hydroxyl groups is 3. The summed E-state index contributed by atoms with van der Waals surface area (Å²) in [7, 11) is 0. The lowest BCUT2D eigenvalue weighted by atomic mass is 10.0. The zero-order valence-corrected chi connectivity index (χ0v) is 9.77. The smallest absolute Gasteiger partial charge is 0.307 e. The maximum atomic E-state index is 11.2. The molecule has 0 amide bonds. The summed E-state index contributed by atoms with van der Waals surface area (Å²) in [5.41, 5.74) is -1.16. The normalized spacial score (nSPS) is 13.6. The van der Waals surface area contributed by atoms with Gasteiger partial charge >= 0.3 is 5.97 Å². The van der Waals surface area contributed by atoms with E-state index in [1.807, 2.05) is 0 Å². The van der Waals surface area contributed by atoms with Gasteiger partial charge in [0.2, 0.25) is 0 Å². The number of hydrogen-bond acceptors (Lipinski definition) is 6. The minimum absolute atomic E-state index is 0.121. The van der Waals surface area contributed by atoms with Crippen molar-refractivity contribution in [2.45, 2.75) is 31.8 Å². The van der Waals surface area contributed by atoms with Crippen LogP contribution in [0.3, 0.4) is 0 Å². The van der Waals surface area contributed by atoms with Crippen LogP contribution in [0.4, 0.5) is 0 Å². The van der Waals surface area contributed by atoms with Gasteiger partial charge in [0.15, 0.2) is 0 Å². The molecule has 0 aromatic heterocycles. The maximum absolute atomic E-state index is 11.2. The molecule has 0 bridgehead atoms. The summed E-state index contributed by atoms with van der Waals surface area (Å²) in [4.78, 5) is 11.2. The van der Waals surface area contributed by atoms with Crippen LogP contribution >= 0.6 is 0 Å². The van der Waals surface area contributed by atoms with Gasteiger partial charge in [0.05, 0.1) is 38.4 Å². The third kappa shape index (κ3) is 4.89. The second-order valence-corrected chi connectivity index (χ2v) is 3.81. The Morgan fingerprint density at radius 2 is 1.81 bits per heavy atom. The first-order valence-corrected chi connectivity index (χ1v) is 5.29. The Morgan fingerprint density at radius 1 is 1.31 bits per heavy atom. The van der Waals surface area contributed by atoms with Gasteiger partial charge in [0.25, 0.3) is 0 Å². The molecule has 96 valence electrons. The predicted molar refractivity (Wildman–Crippen MR) is 57.8 cm³/mol. The summed E-state index contributed by atoms with van der Waals surface area (Å²) >= 11 is 0. The van der Waals surface area contributed by atoms with Crippen LogP contribution in [0.1, 0.15) is 20.3 Å². The average Bonchev–Trinajstić information content (AvgIpc) is 2.26. The highest BCUT2D eigenvalue weighted by molar-refractivity contribution is 5.70. The molecule has 1 unspecified atom stereocenters. The number of ether oxygens (including phenoxy) is 1. The number of esters is 1. The SMILES string of the molecule is CCOC(=O)CC(C)NC(CO)(CO)CO. The van der Waals surface area contributed by atoms with E-state index >= 15 is 0 Å². The summed E-state index contributed by atoms with van der Waals surface area (Å²) in [5, 5.41) is 30.0. The van der Waals surface area contributed by atoms with Crippen molar-refractivity contribution in [3.05, 3.63) is 0 Å². The van der Waals surface area contributed by atoms with E-state index in [1.165, 1.54) is 0 Å². The van der Waals surface area contributed by atoms with Crippen molar-refractivity contribution < 1.29 is 24.9 Å². The number of aliphatic hydroxyl groups excluding tert-OH is 3. The van der Waals surface area contributed by atoms with Crippen LogP contribution in [0.25, 0.3) is 0 Å². The number of hydrogen-bond donors (Lipinski definition) is 4. The predicted octanol–water partition coefficient (Wildman–Crippen LogP) is -1.37. The first-order valence-electron chi connectivity index (χ1n) is 5.29. The van der Waals surface area contributed by atoms with Crippen molar-refractivity contribution in [3.8, 4) is 0 Å². The van der Waals surface area contributed by atoms with Crippen molar-refractivity contribution in [3.63, 3.8) is 0 Å². The molecule has 0 aliphatic heterocycles. The van der Waals surface area contributed by atoms with Gasteiger partial charge in [-0.2, -0.15) is 0 Å². The lowest BCUT2D eigenvalue weighted by molar-refractivity contribution is -0.143. The Balaban J connectivity index is 4.19. The van der Waals surface area contributed by atoms with Gasteiger partial charge in [-0.1, -0.05) is 0 Å². The maximum Gasteiger partial charge on any atom is 0.307 e. The molecule has 0 radical (unpaired) electrons. The molecule has 6 heteroatoms. The zero-order chi connectivity index (χ0) is 12.6. The van der Waals surface area contributed by atoms with Gasteiger partial charge < -0.3 is 25.4 Å². The largest absolute Gasteiger partial charge is 0.466 e. The highest BCUT2D eigenvalue weighted by atomic mass is 16.5. The van der Waals surface area contributed by atoms with Gasteiger partial charge in [-0.25, -0.2) is 0 Å². The quantitative estimate of drug-likeness (QED) is 0.388. The topological polar surface area (TPSA) is 99.0 Å². The van der Waals surface area contributed by atoms with Gasteiger partial charge in [0, 0.05) is 6.04 Å². The van der Waals surface area contributed by atoms with Crippen LogP contribution in [0.15, 0.2) is 0 Å². The highest BCUT2D eigenvalue weighted by Crippen LogP contribution is 2.06. The Morgan fingerprint density at radius 3 is 2.19 bits per heavy atom. The summed E-state index contributed by atoms with van der Waals surface area (Å²) in [5.74, 6) is -0.356. The fraction of sp³-hybridized carbons (Fsp3) is 0.900. The number of carbonyl (C=O) groups is 1. The van der Waals surface area contributed by atoms with Crippen molar-refractivity contribution in [1.29, 1.82) is 0 Å². The molecule has 4 N–H and O–H groups in total. The number of carbonyl (C=O) groups excluding carboxylic acids is 1. The summed E-state index contributed by atoms with van der Waals surface area (Å²) < 4.78 is 4.76. The molecule has 16 heavy (non-hydrogen) atoms. The molecule has 0 spiro atoms. The Kier molecular flexibility index (Phi) is 7.24. The van der Waals surface area contributed by atoms with Crippen LogP contribution in [0, 0.1) is 0 Å². The Bertz CT molecular complexity index is 197. The molecule has 0 aromatic carbocycles. The van der Waals surface area contributed by atoms with Crippen molar-refractivity contribution in [1.82, 2.24) is 5.32 Å². The van der Waals surface area contributed by atoms with Crippen molar-refractivity contribution in [2.75, 3.05) is 26.4 Å². The molecule has 0 saturated carbocycles. The molecular weight excluding hydrogens is 214 g/mol. The van der Waals surface area contributed by atoms with E-state index in [9.17, 15) is 4.79 Å². The Hall–Kier alpha value is -0.690. The van der Waals surface area contributed by atoms with E-state index < -0.39 is 25.4 Å². The van der Waals surface area contributed by atoms with E-state index in [-0.39, 0.29) is 18.4 Å². The fourth-order valence-electron chi connectivity index (χ4n) is 1.33. The third-order valence-corrected chi connectivity index (χ3v) is 2.24. The third-order valence-electron chi connectivity index (χ3n) is 2.24. The molecule has 1 atom stereocenters. The van der Waals surface area contributed by atoms with Gasteiger partial charge in [0.1, 0.15) is 0 Å². The number of rotatable bonds is 8.